The summed E-state index contributed by atoms with van der Waals surface area (Å²) in [5, 5.41) is 0. The van der Waals surface area contributed by atoms with Crippen molar-refractivity contribution in [1.82, 2.24) is 4.90 Å². The van der Waals surface area contributed by atoms with Crippen molar-refractivity contribution in [2.75, 3.05) is 20.6 Å². The minimum absolute atomic E-state index is 0.937. The van der Waals surface area contributed by atoms with Crippen molar-refractivity contribution >= 4 is 0 Å². The van der Waals surface area contributed by atoms with Gasteiger partial charge in [0, 0.05) is 6.54 Å². The van der Waals surface area contributed by atoms with Gasteiger partial charge in [-0.3, -0.25) is 0 Å². The minimum atomic E-state index is 0.937. The van der Waals surface area contributed by atoms with Gasteiger partial charge in [-0.1, -0.05) is 168 Å². The molecule has 0 aromatic heterocycles. The Labute approximate surface area is 212 Å². The first-order valence-electron chi connectivity index (χ1n) is 15.8. The van der Waals surface area contributed by atoms with Crippen LogP contribution in [0.2, 0.25) is 0 Å². The highest BCUT2D eigenvalue weighted by Gasteiger charge is 2.09. The summed E-state index contributed by atoms with van der Waals surface area (Å²) in [4.78, 5) is 2.42. The summed E-state index contributed by atoms with van der Waals surface area (Å²) in [5.74, 6) is 0.937. The lowest BCUT2D eigenvalue weighted by Gasteiger charge is -2.21. The van der Waals surface area contributed by atoms with E-state index in [1.807, 2.05) is 0 Å². The van der Waals surface area contributed by atoms with Gasteiger partial charge in [0.05, 0.1) is 0 Å². The Morgan fingerprint density at radius 2 is 0.606 bits per heavy atom. The summed E-state index contributed by atoms with van der Waals surface area (Å²) in [6.45, 7) is 5.92. The van der Waals surface area contributed by atoms with Crippen LogP contribution in [0.3, 0.4) is 0 Å². The SMILES string of the molecule is CCCCCCCCCCCCCCCCCCCC(CCCCCCCCC)CN(C)C. The van der Waals surface area contributed by atoms with Crippen LogP contribution in [0, 0.1) is 5.92 Å². The zero-order valence-corrected chi connectivity index (χ0v) is 24.1. The van der Waals surface area contributed by atoms with E-state index in [0.717, 1.165) is 5.92 Å². The summed E-state index contributed by atoms with van der Waals surface area (Å²) in [5.41, 5.74) is 0. The molecule has 0 radical (unpaired) electrons. The molecule has 1 atom stereocenters. The van der Waals surface area contributed by atoms with Crippen molar-refractivity contribution in [2.24, 2.45) is 5.92 Å². The Morgan fingerprint density at radius 1 is 0.364 bits per heavy atom. The number of unbranched alkanes of at least 4 members (excludes halogenated alkanes) is 22. The van der Waals surface area contributed by atoms with Gasteiger partial charge in [0.25, 0.3) is 0 Å². The first-order chi connectivity index (χ1) is 16.2. The van der Waals surface area contributed by atoms with Gasteiger partial charge in [-0.25, -0.2) is 0 Å². The van der Waals surface area contributed by atoms with Crippen LogP contribution in [0.15, 0.2) is 0 Å². The van der Waals surface area contributed by atoms with Crippen LogP contribution in [0.5, 0.6) is 0 Å². The molecule has 200 valence electrons. The van der Waals surface area contributed by atoms with Gasteiger partial charge in [0.2, 0.25) is 0 Å². The Bertz CT molecular complexity index is 337. The molecule has 0 amide bonds. The van der Waals surface area contributed by atoms with E-state index in [2.05, 4.69) is 32.8 Å². The summed E-state index contributed by atoms with van der Waals surface area (Å²) in [6, 6.07) is 0. The number of nitrogens with zero attached hydrogens (tertiary/aromatic N) is 1. The molecular formula is C32H67N. The molecule has 0 aliphatic carbocycles. The summed E-state index contributed by atoms with van der Waals surface area (Å²) < 4.78 is 0. The van der Waals surface area contributed by atoms with E-state index in [1.54, 1.807) is 0 Å². The van der Waals surface area contributed by atoms with Crippen molar-refractivity contribution in [1.29, 1.82) is 0 Å². The summed E-state index contributed by atoms with van der Waals surface area (Å²) in [6.07, 6.45) is 38.0. The van der Waals surface area contributed by atoms with Gasteiger partial charge in [-0.15, -0.1) is 0 Å². The standard InChI is InChI=1S/C32H67N/c1-5-7-9-11-13-14-15-16-17-18-19-20-21-22-24-26-28-30-32(31-33(3)4)29-27-25-23-12-10-8-6-2/h32H,5-31H2,1-4H3. The van der Waals surface area contributed by atoms with Gasteiger partial charge >= 0.3 is 0 Å². The van der Waals surface area contributed by atoms with Crippen LogP contribution in [-0.4, -0.2) is 25.5 Å². The van der Waals surface area contributed by atoms with Crippen LogP contribution < -0.4 is 0 Å². The second kappa shape index (κ2) is 28.2. The third-order valence-electron chi connectivity index (χ3n) is 7.56. The van der Waals surface area contributed by atoms with Crippen LogP contribution in [0.1, 0.15) is 181 Å². The molecule has 33 heavy (non-hydrogen) atoms. The third kappa shape index (κ3) is 28.1. The Hall–Kier alpha value is -0.0400. The molecule has 0 rings (SSSR count). The number of hydrogen-bond acceptors (Lipinski definition) is 1. The quantitative estimate of drug-likeness (QED) is 0.104. The Morgan fingerprint density at radius 3 is 0.848 bits per heavy atom. The third-order valence-corrected chi connectivity index (χ3v) is 7.56. The van der Waals surface area contributed by atoms with Gasteiger partial charge in [-0.05, 0) is 32.9 Å². The van der Waals surface area contributed by atoms with E-state index < -0.39 is 0 Å². The van der Waals surface area contributed by atoms with E-state index in [1.165, 1.54) is 173 Å². The molecule has 0 aliphatic rings. The zero-order chi connectivity index (χ0) is 24.2. The maximum absolute atomic E-state index is 2.42. The highest BCUT2D eigenvalue weighted by molar-refractivity contribution is 4.64. The van der Waals surface area contributed by atoms with E-state index in [-0.39, 0.29) is 0 Å². The molecule has 0 N–H and O–H groups in total. The molecule has 1 nitrogen and oxygen atoms in total. The van der Waals surface area contributed by atoms with Crippen molar-refractivity contribution in [3.8, 4) is 0 Å². The lowest BCUT2D eigenvalue weighted by molar-refractivity contribution is 0.286. The smallest absolute Gasteiger partial charge is 0.000356 e. The minimum Gasteiger partial charge on any atom is -0.309 e. The lowest BCUT2D eigenvalue weighted by atomic mass is 9.93. The van der Waals surface area contributed by atoms with Crippen LogP contribution in [-0.2, 0) is 0 Å². The van der Waals surface area contributed by atoms with Gasteiger partial charge in [-0.2, -0.15) is 0 Å². The second-order valence-corrected chi connectivity index (χ2v) is 11.5. The van der Waals surface area contributed by atoms with Crippen LogP contribution in [0.25, 0.3) is 0 Å². The highest BCUT2D eigenvalue weighted by atomic mass is 15.1. The van der Waals surface area contributed by atoms with Gasteiger partial charge in [0.15, 0.2) is 0 Å². The molecule has 0 heterocycles. The van der Waals surface area contributed by atoms with Gasteiger partial charge in [0.1, 0.15) is 0 Å². The average molecular weight is 466 g/mol. The monoisotopic (exact) mass is 466 g/mol. The van der Waals surface area contributed by atoms with Crippen LogP contribution >= 0.6 is 0 Å². The maximum Gasteiger partial charge on any atom is 0.000356 e. The first-order valence-corrected chi connectivity index (χ1v) is 15.8. The van der Waals surface area contributed by atoms with E-state index >= 15 is 0 Å². The summed E-state index contributed by atoms with van der Waals surface area (Å²) >= 11 is 0. The molecule has 0 spiro atoms. The lowest BCUT2D eigenvalue weighted by Crippen LogP contribution is -2.21. The largest absolute Gasteiger partial charge is 0.309 e. The number of hydrogen-bond donors (Lipinski definition) is 0. The Kier molecular flexibility index (Phi) is 28.2. The van der Waals surface area contributed by atoms with Gasteiger partial charge < -0.3 is 4.90 Å². The van der Waals surface area contributed by atoms with E-state index in [4.69, 9.17) is 0 Å². The fourth-order valence-electron chi connectivity index (χ4n) is 5.39. The fraction of sp³-hybridized carbons (Fsp3) is 1.00. The normalized spacial score (nSPS) is 12.6. The fourth-order valence-corrected chi connectivity index (χ4v) is 5.39. The predicted octanol–water partition coefficient (Wildman–Crippen LogP) is 11.3. The molecule has 1 unspecified atom stereocenters. The molecule has 0 aliphatic heterocycles. The predicted molar refractivity (Wildman–Crippen MR) is 153 cm³/mol. The van der Waals surface area contributed by atoms with Crippen molar-refractivity contribution in [2.45, 2.75) is 181 Å². The molecule has 1 heteroatoms. The molecule has 0 aromatic rings. The van der Waals surface area contributed by atoms with Crippen molar-refractivity contribution < 1.29 is 0 Å². The first kappa shape index (κ1) is 33.0. The molecule has 0 saturated carbocycles. The topological polar surface area (TPSA) is 3.24 Å². The average Bonchev–Trinajstić information content (AvgIpc) is 2.80. The molecule has 0 fully saturated rings. The number of rotatable bonds is 28. The second-order valence-electron chi connectivity index (χ2n) is 11.5. The van der Waals surface area contributed by atoms with Crippen molar-refractivity contribution in [3.63, 3.8) is 0 Å². The maximum atomic E-state index is 2.42. The molecule has 0 saturated heterocycles. The van der Waals surface area contributed by atoms with Crippen molar-refractivity contribution in [3.05, 3.63) is 0 Å². The zero-order valence-electron chi connectivity index (χ0n) is 24.1. The van der Waals surface area contributed by atoms with E-state index in [9.17, 15) is 0 Å². The molecule has 0 bridgehead atoms. The molecular weight excluding hydrogens is 398 g/mol. The Balaban J connectivity index is 3.42. The van der Waals surface area contributed by atoms with Crippen LogP contribution in [0.4, 0.5) is 0 Å². The van der Waals surface area contributed by atoms with E-state index in [0.29, 0.717) is 0 Å². The molecule has 0 aromatic carbocycles. The highest BCUT2D eigenvalue weighted by Crippen LogP contribution is 2.20. The summed E-state index contributed by atoms with van der Waals surface area (Å²) in [7, 11) is 4.51.